The summed E-state index contributed by atoms with van der Waals surface area (Å²) in [5, 5.41) is 13.7. The van der Waals surface area contributed by atoms with Crippen LogP contribution >= 0.6 is 0 Å². The number of nitrogens with one attached hydrogen (secondary N) is 2. The third-order valence-corrected chi connectivity index (χ3v) is 3.37. The minimum atomic E-state index is -0.589. The summed E-state index contributed by atoms with van der Waals surface area (Å²) >= 11 is 0. The lowest BCUT2D eigenvalue weighted by Crippen LogP contribution is -2.47. The number of hydrogen-bond donors (Lipinski definition) is 3. The zero-order valence-electron chi connectivity index (χ0n) is 11.0. The summed E-state index contributed by atoms with van der Waals surface area (Å²) in [4.78, 5) is 22.5. The Kier molecular flexibility index (Phi) is 4.16. The number of methoxy groups -OCH3 is 1. The Morgan fingerprint density at radius 1 is 1.50 bits per heavy atom. The topological polar surface area (TPSA) is 120 Å². The molecule has 1 aliphatic carbocycles. The van der Waals surface area contributed by atoms with Crippen molar-refractivity contribution in [3.05, 3.63) is 33.9 Å². The summed E-state index contributed by atoms with van der Waals surface area (Å²) in [7, 11) is 1.62. The standard InChI is InChI=1S/C12H16N4O4/c1-20-9-4-8(5-9)14-12(17)10-6-7(15-13)2-3-11(10)16(18)19/h2-3,6,8-9,15H,4-5,13H2,1H3,(H,14,17). The molecule has 1 aromatic carbocycles. The second-order valence-electron chi connectivity index (χ2n) is 4.63. The van der Waals surface area contributed by atoms with E-state index in [-0.39, 0.29) is 23.4 Å². The van der Waals surface area contributed by atoms with Crippen LogP contribution in [0.4, 0.5) is 11.4 Å². The van der Waals surface area contributed by atoms with E-state index < -0.39 is 10.8 Å². The number of nitro benzene ring substituents is 1. The molecule has 4 N–H and O–H groups in total. The molecule has 0 unspecified atom stereocenters. The first-order valence-electron chi connectivity index (χ1n) is 6.14. The van der Waals surface area contributed by atoms with Crippen LogP contribution < -0.4 is 16.6 Å². The monoisotopic (exact) mass is 280 g/mol. The van der Waals surface area contributed by atoms with Crippen molar-refractivity contribution in [3.8, 4) is 0 Å². The summed E-state index contributed by atoms with van der Waals surface area (Å²) < 4.78 is 5.12. The number of nitrogens with zero attached hydrogens (tertiary/aromatic N) is 1. The maximum Gasteiger partial charge on any atom is 0.282 e. The summed E-state index contributed by atoms with van der Waals surface area (Å²) in [5.41, 5.74) is 2.54. The van der Waals surface area contributed by atoms with Gasteiger partial charge in [0.15, 0.2) is 0 Å². The lowest BCUT2D eigenvalue weighted by atomic mass is 9.89. The molecule has 1 aliphatic rings. The average molecular weight is 280 g/mol. The molecule has 0 saturated heterocycles. The van der Waals surface area contributed by atoms with Crippen molar-refractivity contribution in [1.82, 2.24) is 5.32 Å². The lowest BCUT2D eigenvalue weighted by Gasteiger charge is -2.34. The Balaban J connectivity index is 2.13. The van der Waals surface area contributed by atoms with Crippen LogP contribution in [0.2, 0.25) is 0 Å². The molecule has 8 nitrogen and oxygen atoms in total. The fourth-order valence-corrected chi connectivity index (χ4v) is 2.11. The fraction of sp³-hybridized carbons (Fsp3) is 0.417. The number of hydrazine groups is 1. The molecule has 20 heavy (non-hydrogen) atoms. The Labute approximate surface area is 115 Å². The molecular weight excluding hydrogens is 264 g/mol. The number of nitrogens with two attached hydrogens (primary N) is 1. The first-order valence-corrected chi connectivity index (χ1v) is 6.14. The van der Waals surface area contributed by atoms with E-state index in [1.54, 1.807) is 7.11 Å². The average Bonchev–Trinajstić information content (AvgIpc) is 2.41. The van der Waals surface area contributed by atoms with Gasteiger partial charge in [0.05, 0.1) is 11.0 Å². The van der Waals surface area contributed by atoms with Gasteiger partial charge in [0, 0.05) is 24.9 Å². The molecule has 2 rings (SSSR count). The number of amides is 1. The van der Waals surface area contributed by atoms with Crippen LogP contribution in [0.3, 0.4) is 0 Å². The number of carbonyl (C=O) groups excluding carboxylic acids is 1. The van der Waals surface area contributed by atoms with E-state index in [2.05, 4.69) is 10.7 Å². The van der Waals surface area contributed by atoms with Crippen LogP contribution in [0.1, 0.15) is 23.2 Å². The number of hydrogen-bond acceptors (Lipinski definition) is 6. The quantitative estimate of drug-likeness (QED) is 0.416. The smallest absolute Gasteiger partial charge is 0.282 e. The van der Waals surface area contributed by atoms with E-state index in [9.17, 15) is 14.9 Å². The van der Waals surface area contributed by atoms with E-state index >= 15 is 0 Å². The van der Waals surface area contributed by atoms with Crippen LogP contribution in [0.25, 0.3) is 0 Å². The normalized spacial score (nSPS) is 20.9. The molecule has 1 aromatic rings. The van der Waals surface area contributed by atoms with Crippen molar-refractivity contribution in [2.75, 3.05) is 12.5 Å². The number of anilines is 1. The van der Waals surface area contributed by atoms with Gasteiger partial charge < -0.3 is 15.5 Å². The van der Waals surface area contributed by atoms with Gasteiger partial charge >= 0.3 is 0 Å². The van der Waals surface area contributed by atoms with Gasteiger partial charge in [0.1, 0.15) is 5.56 Å². The van der Waals surface area contributed by atoms with Gasteiger partial charge in [-0.3, -0.25) is 20.8 Å². The van der Waals surface area contributed by atoms with E-state index in [4.69, 9.17) is 10.6 Å². The first kappa shape index (κ1) is 14.2. The van der Waals surface area contributed by atoms with Gasteiger partial charge in [-0.25, -0.2) is 0 Å². The highest BCUT2D eigenvalue weighted by molar-refractivity contribution is 5.99. The van der Waals surface area contributed by atoms with E-state index in [1.165, 1.54) is 18.2 Å². The van der Waals surface area contributed by atoms with Crippen molar-refractivity contribution in [3.63, 3.8) is 0 Å². The summed E-state index contributed by atoms with van der Waals surface area (Å²) in [6.07, 6.45) is 1.57. The molecule has 1 saturated carbocycles. The van der Waals surface area contributed by atoms with Crippen molar-refractivity contribution in [1.29, 1.82) is 0 Å². The zero-order chi connectivity index (χ0) is 14.7. The molecule has 1 amide bonds. The van der Waals surface area contributed by atoms with Gasteiger partial charge in [0.2, 0.25) is 0 Å². The number of rotatable bonds is 5. The number of nitro groups is 1. The van der Waals surface area contributed by atoms with Crippen LogP contribution in [-0.2, 0) is 4.74 Å². The van der Waals surface area contributed by atoms with E-state index in [1.807, 2.05) is 0 Å². The largest absolute Gasteiger partial charge is 0.381 e. The van der Waals surface area contributed by atoms with Crippen LogP contribution in [0.5, 0.6) is 0 Å². The zero-order valence-corrected chi connectivity index (χ0v) is 11.0. The molecule has 0 radical (unpaired) electrons. The third kappa shape index (κ3) is 2.86. The summed E-state index contributed by atoms with van der Waals surface area (Å²) in [6.45, 7) is 0. The second-order valence-corrected chi connectivity index (χ2v) is 4.63. The minimum Gasteiger partial charge on any atom is -0.381 e. The maximum atomic E-state index is 12.1. The van der Waals surface area contributed by atoms with Crippen molar-refractivity contribution in [2.24, 2.45) is 5.84 Å². The molecule has 0 spiro atoms. The molecule has 0 atom stereocenters. The van der Waals surface area contributed by atoms with E-state index in [0.29, 0.717) is 18.5 Å². The molecular formula is C12H16N4O4. The van der Waals surface area contributed by atoms with Gasteiger partial charge in [0.25, 0.3) is 11.6 Å². The Bertz CT molecular complexity index is 528. The molecule has 1 fully saturated rings. The molecule has 0 aliphatic heterocycles. The van der Waals surface area contributed by atoms with Crippen LogP contribution in [-0.4, -0.2) is 30.1 Å². The molecule has 0 bridgehead atoms. The summed E-state index contributed by atoms with van der Waals surface area (Å²) in [6, 6.07) is 4.05. The predicted octanol–water partition coefficient (Wildman–Crippen LogP) is 0.788. The number of ether oxygens (including phenoxy) is 1. The molecule has 0 aromatic heterocycles. The van der Waals surface area contributed by atoms with Crippen LogP contribution in [0, 0.1) is 10.1 Å². The Morgan fingerprint density at radius 2 is 2.20 bits per heavy atom. The highest BCUT2D eigenvalue weighted by Gasteiger charge is 2.31. The first-order chi connectivity index (χ1) is 9.55. The number of nitrogen functional groups attached to an aromatic ring is 1. The van der Waals surface area contributed by atoms with Gasteiger partial charge in [-0.2, -0.15) is 0 Å². The SMILES string of the molecule is COC1CC(NC(=O)c2cc(NN)ccc2[N+](=O)[O-])C1. The predicted molar refractivity (Wildman–Crippen MR) is 72.2 cm³/mol. The highest BCUT2D eigenvalue weighted by Crippen LogP contribution is 2.25. The second kappa shape index (κ2) is 5.85. The van der Waals surface area contributed by atoms with E-state index in [0.717, 1.165) is 0 Å². The maximum absolute atomic E-state index is 12.1. The van der Waals surface area contributed by atoms with Gasteiger partial charge in [-0.15, -0.1) is 0 Å². The number of carbonyl (C=O) groups is 1. The molecule has 0 heterocycles. The van der Waals surface area contributed by atoms with Crippen molar-refractivity contribution >= 4 is 17.3 Å². The fourth-order valence-electron chi connectivity index (χ4n) is 2.11. The Morgan fingerprint density at radius 3 is 2.75 bits per heavy atom. The molecule has 8 heteroatoms. The summed E-state index contributed by atoms with van der Waals surface area (Å²) in [5.74, 6) is 4.77. The van der Waals surface area contributed by atoms with Crippen LogP contribution in [0.15, 0.2) is 18.2 Å². The third-order valence-electron chi connectivity index (χ3n) is 3.37. The lowest BCUT2D eigenvalue weighted by molar-refractivity contribution is -0.385. The Hall–Kier alpha value is -2.19. The number of benzene rings is 1. The highest BCUT2D eigenvalue weighted by atomic mass is 16.6. The molecule has 108 valence electrons. The van der Waals surface area contributed by atoms with Gasteiger partial charge in [-0.1, -0.05) is 0 Å². The minimum absolute atomic E-state index is 0.00804. The van der Waals surface area contributed by atoms with Crippen molar-refractivity contribution < 1.29 is 14.5 Å². The van der Waals surface area contributed by atoms with Gasteiger partial charge in [-0.05, 0) is 25.0 Å². The van der Waals surface area contributed by atoms with Crippen molar-refractivity contribution in [2.45, 2.75) is 25.0 Å².